The molecule has 0 aromatic carbocycles. The van der Waals surface area contributed by atoms with Crippen molar-refractivity contribution < 1.29 is 4.74 Å². The molecule has 1 aliphatic heterocycles. The van der Waals surface area contributed by atoms with Crippen LogP contribution in [0.1, 0.15) is 44.3 Å². The van der Waals surface area contributed by atoms with E-state index in [1.165, 1.54) is 35.0 Å². The van der Waals surface area contributed by atoms with Crippen molar-refractivity contribution in [2.75, 3.05) is 31.8 Å². The molecule has 0 aliphatic carbocycles. The van der Waals surface area contributed by atoms with E-state index < -0.39 is 0 Å². The first-order valence-electron chi connectivity index (χ1n) is 7.26. The minimum atomic E-state index is 0.0674. The Labute approximate surface area is 130 Å². The van der Waals surface area contributed by atoms with Gasteiger partial charge in [-0.25, -0.2) is 4.98 Å². The number of thiazole rings is 1. The van der Waals surface area contributed by atoms with Crippen molar-refractivity contribution in [3.05, 3.63) is 16.1 Å². The number of nitrogens with one attached hydrogen (secondary N) is 1. The highest BCUT2D eigenvalue weighted by Crippen LogP contribution is 2.38. The monoisotopic (exact) mass is 314 g/mol. The SMILES string of the molecule is COCCNC1(c2nc(C(C)(C)C)cs2)CCSCC1. The Morgan fingerprint density at radius 2 is 2.05 bits per heavy atom. The van der Waals surface area contributed by atoms with Gasteiger partial charge in [-0.3, -0.25) is 0 Å². The van der Waals surface area contributed by atoms with Crippen molar-refractivity contribution in [2.24, 2.45) is 0 Å². The second-order valence-electron chi connectivity index (χ2n) is 6.40. The Bertz CT molecular complexity index is 420. The normalized spacial score (nSPS) is 19.2. The molecular weight excluding hydrogens is 288 g/mol. The first kappa shape index (κ1) is 16.3. The van der Waals surface area contributed by atoms with Gasteiger partial charge >= 0.3 is 0 Å². The van der Waals surface area contributed by atoms with Crippen LogP contribution in [0.4, 0.5) is 0 Å². The maximum atomic E-state index is 5.19. The minimum absolute atomic E-state index is 0.0674. The van der Waals surface area contributed by atoms with Crippen LogP contribution in [-0.2, 0) is 15.7 Å². The lowest BCUT2D eigenvalue weighted by molar-refractivity contribution is 0.179. The van der Waals surface area contributed by atoms with Gasteiger partial charge in [0.25, 0.3) is 0 Å². The number of ether oxygens (including phenoxy) is 1. The Morgan fingerprint density at radius 3 is 2.60 bits per heavy atom. The van der Waals surface area contributed by atoms with Crippen LogP contribution in [0.3, 0.4) is 0 Å². The number of nitrogens with zero attached hydrogens (tertiary/aromatic N) is 1. The molecule has 0 spiro atoms. The number of methoxy groups -OCH3 is 1. The van der Waals surface area contributed by atoms with Gasteiger partial charge in [0.1, 0.15) is 5.01 Å². The molecule has 1 aromatic heterocycles. The summed E-state index contributed by atoms with van der Waals surface area (Å²) in [6.07, 6.45) is 2.33. The fraction of sp³-hybridized carbons (Fsp3) is 0.800. The first-order chi connectivity index (χ1) is 9.48. The van der Waals surface area contributed by atoms with Gasteiger partial charge in [-0.2, -0.15) is 11.8 Å². The van der Waals surface area contributed by atoms with Crippen molar-refractivity contribution >= 4 is 23.1 Å². The van der Waals surface area contributed by atoms with Gasteiger partial charge in [0.2, 0.25) is 0 Å². The van der Waals surface area contributed by atoms with Crippen LogP contribution >= 0.6 is 23.1 Å². The molecule has 2 heterocycles. The molecule has 1 saturated heterocycles. The van der Waals surface area contributed by atoms with Gasteiger partial charge in [0.15, 0.2) is 0 Å². The summed E-state index contributed by atoms with van der Waals surface area (Å²) in [6, 6.07) is 0. The van der Waals surface area contributed by atoms with Crippen molar-refractivity contribution in [3.8, 4) is 0 Å². The minimum Gasteiger partial charge on any atom is -0.383 e. The molecule has 1 fully saturated rings. The largest absolute Gasteiger partial charge is 0.383 e. The molecule has 114 valence electrons. The summed E-state index contributed by atoms with van der Waals surface area (Å²) >= 11 is 3.87. The van der Waals surface area contributed by atoms with E-state index in [0.29, 0.717) is 0 Å². The van der Waals surface area contributed by atoms with E-state index in [-0.39, 0.29) is 11.0 Å². The lowest BCUT2D eigenvalue weighted by Gasteiger charge is -2.36. The van der Waals surface area contributed by atoms with E-state index in [1.54, 1.807) is 7.11 Å². The Hall–Kier alpha value is -0.100. The molecular formula is C15H26N2OS2. The molecule has 0 saturated carbocycles. The van der Waals surface area contributed by atoms with E-state index in [0.717, 1.165) is 13.2 Å². The highest BCUT2D eigenvalue weighted by Gasteiger charge is 2.37. The van der Waals surface area contributed by atoms with Crippen molar-refractivity contribution in [2.45, 2.75) is 44.6 Å². The fourth-order valence-corrected chi connectivity index (χ4v) is 4.89. The molecule has 0 bridgehead atoms. The zero-order chi connectivity index (χ0) is 14.6. The Kier molecular flexibility index (Phi) is 5.51. The fourth-order valence-electron chi connectivity index (χ4n) is 2.42. The highest BCUT2D eigenvalue weighted by atomic mass is 32.2. The second kappa shape index (κ2) is 6.77. The average Bonchev–Trinajstić information content (AvgIpc) is 2.90. The van der Waals surface area contributed by atoms with Crippen LogP contribution < -0.4 is 5.32 Å². The summed E-state index contributed by atoms with van der Waals surface area (Å²) in [5, 5.41) is 7.22. The summed E-state index contributed by atoms with van der Waals surface area (Å²) in [4.78, 5) is 4.96. The molecule has 0 radical (unpaired) electrons. The molecule has 3 nitrogen and oxygen atoms in total. The second-order valence-corrected chi connectivity index (χ2v) is 8.48. The van der Waals surface area contributed by atoms with Gasteiger partial charge in [-0.05, 0) is 24.3 Å². The lowest BCUT2D eigenvalue weighted by atomic mass is 9.91. The summed E-state index contributed by atoms with van der Waals surface area (Å²) in [6.45, 7) is 8.34. The van der Waals surface area contributed by atoms with Crippen molar-refractivity contribution in [3.63, 3.8) is 0 Å². The summed E-state index contributed by atoms with van der Waals surface area (Å²) < 4.78 is 5.19. The molecule has 1 aromatic rings. The molecule has 20 heavy (non-hydrogen) atoms. The average molecular weight is 315 g/mol. The van der Waals surface area contributed by atoms with Crippen LogP contribution in [-0.4, -0.2) is 36.8 Å². The number of aromatic nitrogens is 1. The van der Waals surface area contributed by atoms with E-state index in [4.69, 9.17) is 9.72 Å². The van der Waals surface area contributed by atoms with Crippen molar-refractivity contribution in [1.82, 2.24) is 10.3 Å². The van der Waals surface area contributed by atoms with E-state index >= 15 is 0 Å². The van der Waals surface area contributed by atoms with E-state index in [1.807, 2.05) is 23.1 Å². The van der Waals surface area contributed by atoms with Crippen LogP contribution in [0.5, 0.6) is 0 Å². The van der Waals surface area contributed by atoms with Crippen molar-refractivity contribution in [1.29, 1.82) is 0 Å². The number of rotatable bonds is 5. The molecule has 1 N–H and O–H groups in total. The summed E-state index contributed by atoms with van der Waals surface area (Å²) in [5.41, 5.74) is 1.41. The number of thioether (sulfide) groups is 1. The van der Waals surface area contributed by atoms with Crippen LogP contribution in [0.25, 0.3) is 0 Å². The third kappa shape index (κ3) is 3.75. The molecule has 0 atom stereocenters. The lowest BCUT2D eigenvalue weighted by Crippen LogP contribution is -2.46. The topological polar surface area (TPSA) is 34.1 Å². The molecule has 0 unspecified atom stereocenters. The molecule has 1 aliphatic rings. The smallest absolute Gasteiger partial charge is 0.113 e. The quantitative estimate of drug-likeness (QED) is 0.845. The number of hydrogen-bond acceptors (Lipinski definition) is 5. The molecule has 2 rings (SSSR count). The third-order valence-corrected chi connectivity index (χ3v) is 5.83. The zero-order valence-electron chi connectivity index (χ0n) is 13.0. The maximum Gasteiger partial charge on any atom is 0.113 e. The molecule has 5 heteroatoms. The maximum absolute atomic E-state index is 5.19. The third-order valence-electron chi connectivity index (χ3n) is 3.80. The highest BCUT2D eigenvalue weighted by molar-refractivity contribution is 7.99. The van der Waals surface area contributed by atoms with Gasteiger partial charge < -0.3 is 10.1 Å². The predicted octanol–water partition coefficient (Wildman–Crippen LogP) is 3.40. The van der Waals surface area contributed by atoms with Gasteiger partial charge in [0.05, 0.1) is 17.8 Å². The Balaban J connectivity index is 2.19. The van der Waals surface area contributed by atoms with Crippen LogP contribution in [0.2, 0.25) is 0 Å². The van der Waals surface area contributed by atoms with E-state index in [2.05, 4.69) is 31.5 Å². The standard InChI is InChI=1S/C15H26N2OS2/c1-14(2,3)12-11-20-13(17-12)15(16-7-8-18-4)5-9-19-10-6-15/h11,16H,5-10H2,1-4H3. The first-order valence-corrected chi connectivity index (χ1v) is 9.30. The zero-order valence-corrected chi connectivity index (χ0v) is 14.6. The summed E-state index contributed by atoms with van der Waals surface area (Å²) in [5.74, 6) is 2.43. The molecule has 0 amide bonds. The van der Waals surface area contributed by atoms with Crippen LogP contribution in [0, 0.1) is 0 Å². The summed E-state index contributed by atoms with van der Waals surface area (Å²) in [7, 11) is 1.76. The van der Waals surface area contributed by atoms with Crippen LogP contribution in [0.15, 0.2) is 5.38 Å². The van der Waals surface area contributed by atoms with E-state index in [9.17, 15) is 0 Å². The van der Waals surface area contributed by atoms with Gasteiger partial charge in [0, 0.05) is 24.4 Å². The van der Waals surface area contributed by atoms with Gasteiger partial charge in [-0.1, -0.05) is 20.8 Å². The van der Waals surface area contributed by atoms with Gasteiger partial charge in [-0.15, -0.1) is 11.3 Å². The Morgan fingerprint density at radius 1 is 1.35 bits per heavy atom. The predicted molar refractivity (Wildman–Crippen MR) is 88.9 cm³/mol. The number of hydrogen-bond donors (Lipinski definition) is 1.